The Morgan fingerprint density at radius 3 is 2.72 bits per heavy atom. The van der Waals surface area contributed by atoms with E-state index in [0.29, 0.717) is 18.4 Å². The van der Waals surface area contributed by atoms with Crippen LogP contribution in [0.2, 0.25) is 0 Å². The smallest absolute Gasteiger partial charge is 0.148 e. The molecular formula is C14H21F2NO. The van der Waals surface area contributed by atoms with Gasteiger partial charge >= 0.3 is 0 Å². The van der Waals surface area contributed by atoms with Gasteiger partial charge in [0.25, 0.3) is 0 Å². The molecule has 1 aliphatic rings. The molecule has 0 heterocycles. The highest BCUT2D eigenvalue weighted by molar-refractivity contribution is 5.17. The van der Waals surface area contributed by atoms with Crippen LogP contribution in [0, 0.1) is 0 Å². The van der Waals surface area contributed by atoms with E-state index in [2.05, 4.69) is 0 Å². The third kappa shape index (κ3) is 3.50. The van der Waals surface area contributed by atoms with E-state index < -0.39 is 18.4 Å². The van der Waals surface area contributed by atoms with Crippen LogP contribution in [-0.2, 0) is 4.74 Å². The van der Waals surface area contributed by atoms with Gasteiger partial charge in [0.2, 0.25) is 0 Å². The van der Waals surface area contributed by atoms with Crippen LogP contribution in [-0.4, -0.2) is 24.9 Å². The summed E-state index contributed by atoms with van der Waals surface area (Å²) in [6, 6.07) is 8.71. The van der Waals surface area contributed by atoms with Gasteiger partial charge in [0, 0.05) is 7.47 Å². The van der Waals surface area contributed by atoms with Crippen molar-refractivity contribution in [2.45, 2.75) is 43.8 Å². The minimum absolute atomic E-state index is 0. The lowest BCUT2D eigenvalue weighted by Gasteiger charge is -2.30. The summed E-state index contributed by atoms with van der Waals surface area (Å²) in [7, 11) is 0. The van der Waals surface area contributed by atoms with Gasteiger partial charge < -0.3 is 10.5 Å². The fourth-order valence-corrected chi connectivity index (χ4v) is 2.27. The third-order valence-electron chi connectivity index (χ3n) is 3.37. The molecule has 2 nitrogen and oxygen atoms in total. The molecule has 102 valence electrons. The normalized spacial score (nSPS) is 30.1. The molecule has 18 heavy (non-hydrogen) atoms. The molecule has 0 radical (unpaired) electrons. The number of halogens is 2. The molecule has 1 fully saturated rings. The Balaban J connectivity index is 0.00000180. The summed E-state index contributed by atoms with van der Waals surface area (Å²) in [5.41, 5.74) is 6.23. The maximum atomic E-state index is 13.8. The molecule has 2 rings (SSSR count). The Hall–Kier alpha value is -1.00. The molecule has 0 aromatic heterocycles. The van der Waals surface area contributed by atoms with Crippen LogP contribution in [0.5, 0.6) is 0 Å². The van der Waals surface area contributed by atoms with Gasteiger partial charge in [0.05, 0.1) is 12.7 Å². The SMILES string of the molecule is N[C@H]1CC[C@H](OC[C@H](F)c2ccccc2)[C@@H](F)C1.[HH]. The Morgan fingerprint density at radius 1 is 1.33 bits per heavy atom. The summed E-state index contributed by atoms with van der Waals surface area (Å²) in [4.78, 5) is 0. The number of nitrogens with two attached hydrogens (primary N) is 1. The van der Waals surface area contributed by atoms with E-state index in [4.69, 9.17) is 10.5 Å². The van der Waals surface area contributed by atoms with Crippen LogP contribution < -0.4 is 5.73 Å². The van der Waals surface area contributed by atoms with Crippen molar-refractivity contribution in [2.75, 3.05) is 6.61 Å². The Labute approximate surface area is 108 Å². The van der Waals surface area contributed by atoms with Gasteiger partial charge in [-0.25, -0.2) is 8.78 Å². The minimum atomic E-state index is -1.20. The number of ether oxygens (including phenoxy) is 1. The van der Waals surface area contributed by atoms with Crippen molar-refractivity contribution >= 4 is 0 Å². The van der Waals surface area contributed by atoms with Crippen LogP contribution in [0.3, 0.4) is 0 Å². The number of rotatable bonds is 4. The van der Waals surface area contributed by atoms with E-state index in [1.54, 1.807) is 24.3 Å². The zero-order chi connectivity index (χ0) is 13.0. The molecule has 1 saturated carbocycles. The summed E-state index contributed by atoms with van der Waals surface area (Å²) in [6.07, 6.45) is -1.15. The van der Waals surface area contributed by atoms with Crippen molar-refractivity contribution in [3.63, 3.8) is 0 Å². The minimum Gasteiger partial charge on any atom is -0.372 e. The summed E-state index contributed by atoms with van der Waals surface area (Å²) in [6.45, 7) is -0.0929. The Bertz CT molecular complexity index is 366. The van der Waals surface area contributed by atoms with Gasteiger partial charge in [0.1, 0.15) is 12.3 Å². The summed E-state index contributed by atoms with van der Waals surface area (Å²) in [5.74, 6) is 0. The zero-order valence-corrected chi connectivity index (χ0v) is 10.3. The molecule has 1 aliphatic carbocycles. The Morgan fingerprint density at radius 2 is 2.06 bits per heavy atom. The summed E-state index contributed by atoms with van der Waals surface area (Å²) in [5, 5.41) is 0. The second kappa shape index (κ2) is 6.25. The van der Waals surface area contributed by atoms with Crippen LogP contribution >= 0.6 is 0 Å². The number of alkyl halides is 2. The lowest BCUT2D eigenvalue weighted by Crippen LogP contribution is -2.39. The van der Waals surface area contributed by atoms with Crippen LogP contribution in [0.1, 0.15) is 32.4 Å². The highest BCUT2D eigenvalue weighted by Crippen LogP contribution is 2.25. The standard InChI is InChI=1S/C14H19F2NO.H2/c15-12-8-11(17)6-7-14(12)18-9-13(16)10-4-2-1-3-5-10;/h1-5,11-14H,6-9,17H2;1H/t11-,12-,13-,14-;/m0./s1. The second-order valence-corrected chi connectivity index (χ2v) is 4.84. The molecule has 0 aliphatic heterocycles. The third-order valence-corrected chi connectivity index (χ3v) is 3.37. The van der Waals surface area contributed by atoms with Gasteiger partial charge in [-0.2, -0.15) is 0 Å². The first kappa shape index (κ1) is 13.4. The van der Waals surface area contributed by atoms with Crippen molar-refractivity contribution in [3.8, 4) is 0 Å². The van der Waals surface area contributed by atoms with E-state index in [1.165, 1.54) is 0 Å². The van der Waals surface area contributed by atoms with Crippen molar-refractivity contribution in [2.24, 2.45) is 5.73 Å². The molecule has 0 saturated heterocycles. The van der Waals surface area contributed by atoms with Gasteiger partial charge in [0.15, 0.2) is 0 Å². The van der Waals surface area contributed by atoms with Gasteiger partial charge in [-0.3, -0.25) is 0 Å². The predicted octanol–water partition coefficient (Wildman–Crippen LogP) is 3.18. The lowest BCUT2D eigenvalue weighted by atomic mass is 9.92. The van der Waals surface area contributed by atoms with E-state index in [-0.39, 0.29) is 14.1 Å². The molecule has 0 amide bonds. The van der Waals surface area contributed by atoms with E-state index in [1.807, 2.05) is 6.07 Å². The van der Waals surface area contributed by atoms with Crippen molar-refractivity contribution < 1.29 is 14.9 Å². The van der Waals surface area contributed by atoms with Gasteiger partial charge in [-0.15, -0.1) is 0 Å². The molecule has 1 aromatic rings. The topological polar surface area (TPSA) is 35.2 Å². The largest absolute Gasteiger partial charge is 0.372 e. The molecule has 1 aromatic carbocycles. The molecular weight excluding hydrogens is 236 g/mol. The van der Waals surface area contributed by atoms with Gasteiger partial charge in [-0.05, 0) is 24.8 Å². The van der Waals surface area contributed by atoms with Crippen LogP contribution in [0.4, 0.5) is 8.78 Å². The van der Waals surface area contributed by atoms with Crippen LogP contribution in [0.25, 0.3) is 0 Å². The molecule has 4 atom stereocenters. The van der Waals surface area contributed by atoms with E-state index in [9.17, 15) is 8.78 Å². The predicted molar refractivity (Wildman–Crippen MR) is 68.9 cm³/mol. The first-order valence-corrected chi connectivity index (χ1v) is 6.37. The van der Waals surface area contributed by atoms with E-state index in [0.717, 1.165) is 6.42 Å². The van der Waals surface area contributed by atoms with Crippen LogP contribution in [0.15, 0.2) is 30.3 Å². The average Bonchev–Trinajstić information content (AvgIpc) is 2.38. The molecule has 0 spiro atoms. The summed E-state index contributed by atoms with van der Waals surface area (Å²) >= 11 is 0. The zero-order valence-electron chi connectivity index (χ0n) is 10.3. The number of hydrogen-bond acceptors (Lipinski definition) is 2. The number of benzene rings is 1. The average molecular weight is 257 g/mol. The van der Waals surface area contributed by atoms with Crippen molar-refractivity contribution in [1.29, 1.82) is 0 Å². The molecule has 0 unspecified atom stereocenters. The lowest BCUT2D eigenvalue weighted by molar-refractivity contribution is -0.0466. The fourth-order valence-electron chi connectivity index (χ4n) is 2.27. The number of hydrogen-bond donors (Lipinski definition) is 1. The maximum absolute atomic E-state index is 13.8. The maximum Gasteiger partial charge on any atom is 0.148 e. The van der Waals surface area contributed by atoms with Crippen molar-refractivity contribution in [1.82, 2.24) is 0 Å². The molecule has 2 N–H and O–H groups in total. The second-order valence-electron chi connectivity index (χ2n) is 4.84. The fraction of sp³-hybridized carbons (Fsp3) is 0.571. The quantitative estimate of drug-likeness (QED) is 0.899. The highest BCUT2D eigenvalue weighted by Gasteiger charge is 2.30. The summed E-state index contributed by atoms with van der Waals surface area (Å²) < 4.78 is 32.8. The molecule has 4 heteroatoms. The van der Waals surface area contributed by atoms with Gasteiger partial charge in [-0.1, -0.05) is 30.3 Å². The first-order valence-electron chi connectivity index (χ1n) is 6.37. The first-order chi connectivity index (χ1) is 8.66. The van der Waals surface area contributed by atoms with E-state index >= 15 is 0 Å². The molecule has 0 bridgehead atoms. The monoisotopic (exact) mass is 257 g/mol. The Kier molecular flexibility index (Phi) is 4.66. The highest BCUT2D eigenvalue weighted by atomic mass is 19.1. The van der Waals surface area contributed by atoms with Crippen molar-refractivity contribution in [3.05, 3.63) is 35.9 Å².